The number of ether oxygens (including phenoxy) is 1. The summed E-state index contributed by atoms with van der Waals surface area (Å²) in [6, 6.07) is 16.8. The summed E-state index contributed by atoms with van der Waals surface area (Å²) in [6.45, 7) is 0. The summed E-state index contributed by atoms with van der Waals surface area (Å²) >= 11 is 1.59. The van der Waals surface area contributed by atoms with Gasteiger partial charge in [0.15, 0.2) is 0 Å². The second-order valence-electron chi connectivity index (χ2n) is 7.51. The Kier molecular flexibility index (Phi) is 6.42. The highest BCUT2D eigenvalue weighted by Crippen LogP contribution is 2.39. The minimum Gasteiger partial charge on any atom is -0.508 e. The van der Waals surface area contributed by atoms with E-state index in [1.807, 2.05) is 30.5 Å². The number of rotatable bonds is 6. The molecule has 4 aromatic rings. The van der Waals surface area contributed by atoms with E-state index in [1.165, 1.54) is 37.6 Å². The average Bonchev–Trinajstić information content (AvgIpc) is 2.84. The van der Waals surface area contributed by atoms with Crippen molar-refractivity contribution in [2.24, 2.45) is 0 Å². The average molecular weight is 463 g/mol. The molecular weight excluding hydrogens is 440 g/mol. The van der Waals surface area contributed by atoms with Crippen LogP contribution in [0, 0.1) is 0 Å². The molecule has 2 N–H and O–H groups in total. The first-order valence-corrected chi connectivity index (χ1v) is 11.4. The summed E-state index contributed by atoms with van der Waals surface area (Å²) in [6.07, 6.45) is 3.27. The Morgan fingerprint density at radius 3 is 2.36 bits per heavy atom. The van der Waals surface area contributed by atoms with E-state index in [4.69, 9.17) is 9.15 Å². The Morgan fingerprint density at radius 1 is 1.03 bits per heavy atom. The van der Waals surface area contributed by atoms with Crippen molar-refractivity contribution in [3.05, 3.63) is 88.3 Å². The van der Waals surface area contributed by atoms with Gasteiger partial charge in [-0.1, -0.05) is 24.3 Å². The zero-order valence-electron chi connectivity index (χ0n) is 18.1. The van der Waals surface area contributed by atoms with Crippen LogP contribution in [0.5, 0.6) is 11.5 Å². The molecule has 4 rings (SSSR count). The second kappa shape index (κ2) is 9.42. The van der Waals surface area contributed by atoms with Gasteiger partial charge < -0.3 is 19.4 Å². The van der Waals surface area contributed by atoms with Gasteiger partial charge in [-0.2, -0.15) is 0 Å². The maximum absolute atomic E-state index is 13.3. The molecule has 1 atom stereocenters. The van der Waals surface area contributed by atoms with Crippen molar-refractivity contribution in [3.8, 4) is 22.6 Å². The van der Waals surface area contributed by atoms with E-state index < -0.39 is 11.9 Å². The van der Waals surface area contributed by atoms with Crippen LogP contribution >= 0.6 is 11.8 Å². The first-order valence-electron chi connectivity index (χ1n) is 10.2. The van der Waals surface area contributed by atoms with Gasteiger partial charge >= 0.3 is 5.97 Å². The van der Waals surface area contributed by atoms with Crippen molar-refractivity contribution in [2.45, 2.75) is 17.2 Å². The van der Waals surface area contributed by atoms with Crippen LogP contribution in [-0.4, -0.2) is 29.5 Å². The van der Waals surface area contributed by atoms with E-state index in [0.29, 0.717) is 16.7 Å². The standard InChI is InChI=1S/C26H22O6S/c1-31-23(29)13-20(15-5-9-18(33-2)10-6-15)24-22(28)12-11-19-25(30)21(14-32-26(19)24)16-3-7-17(27)8-4-16/h3-12,14,20,27-28H,13H2,1-2H3/t20-/m1/s1. The molecule has 6 nitrogen and oxygen atoms in total. The van der Waals surface area contributed by atoms with Crippen molar-refractivity contribution in [3.63, 3.8) is 0 Å². The summed E-state index contributed by atoms with van der Waals surface area (Å²) in [5.74, 6) is -1.02. The number of hydrogen-bond acceptors (Lipinski definition) is 7. The van der Waals surface area contributed by atoms with Gasteiger partial charge in [-0.15, -0.1) is 11.8 Å². The molecule has 0 aliphatic carbocycles. The highest BCUT2D eigenvalue weighted by molar-refractivity contribution is 7.98. The maximum atomic E-state index is 13.3. The van der Waals surface area contributed by atoms with Crippen molar-refractivity contribution in [2.75, 3.05) is 13.4 Å². The largest absolute Gasteiger partial charge is 0.508 e. The van der Waals surface area contributed by atoms with Gasteiger partial charge in [-0.25, -0.2) is 0 Å². The number of methoxy groups -OCH3 is 1. The molecule has 33 heavy (non-hydrogen) atoms. The van der Waals surface area contributed by atoms with Gasteiger partial charge in [0.05, 0.1) is 24.5 Å². The lowest BCUT2D eigenvalue weighted by Gasteiger charge is -2.20. The Balaban J connectivity index is 1.91. The fraction of sp³-hybridized carbons (Fsp3) is 0.154. The fourth-order valence-electron chi connectivity index (χ4n) is 3.86. The monoisotopic (exact) mass is 462 g/mol. The summed E-state index contributed by atoms with van der Waals surface area (Å²) in [5, 5.41) is 20.6. The van der Waals surface area contributed by atoms with Crippen LogP contribution in [0.25, 0.3) is 22.1 Å². The van der Waals surface area contributed by atoms with Gasteiger partial charge in [0.25, 0.3) is 0 Å². The minimum atomic E-state index is -0.584. The quantitative estimate of drug-likeness (QED) is 0.297. The molecule has 3 aromatic carbocycles. The predicted molar refractivity (Wildman–Crippen MR) is 128 cm³/mol. The number of hydrogen-bond donors (Lipinski definition) is 2. The number of thioether (sulfide) groups is 1. The molecule has 1 aromatic heterocycles. The molecule has 1 heterocycles. The molecule has 0 unspecified atom stereocenters. The number of carbonyl (C=O) groups is 1. The Labute approximate surface area is 194 Å². The summed E-state index contributed by atoms with van der Waals surface area (Å²) in [7, 11) is 1.31. The third-order valence-corrected chi connectivity index (χ3v) is 6.34. The summed E-state index contributed by atoms with van der Waals surface area (Å²) < 4.78 is 10.8. The first kappa shape index (κ1) is 22.5. The van der Waals surface area contributed by atoms with Crippen molar-refractivity contribution in [1.82, 2.24) is 0 Å². The van der Waals surface area contributed by atoms with Crippen LogP contribution in [0.4, 0.5) is 0 Å². The lowest BCUT2D eigenvalue weighted by Crippen LogP contribution is -2.12. The molecule has 0 aliphatic rings. The van der Waals surface area contributed by atoms with Crippen molar-refractivity contribution < 1.29 is 24.2 Å². The number of aromatic hydroxyl groups is 2. The predicted octanol–water partition coefficient (Wildman–Crippen LogP) is 5.29. The zero-order valence-corrected chi connectivity index (χ0v) is 18.9. The van der Waals surface area contributed by atoms with E-state index in [2.05, 4.69) is 0 Å². The van der Waals surface area contributed by atoms with Crippen molar-refractivity contribution >= 4 is 28.7 Å². The maximum Gasteiger partial charge on any atom is 0.306 e. The Hall–Kier alpha value is -3.71. The molecule has 0 saturated carbocycles. The van der Waals surface area contributed by atoms with Gasteiger partial charge in [0.2, 0.25) is 5.43 Å². The fourth-order valence-corrected chi connectivity index (χ4v) is 4.27. The number of phenols is 2. The van der Waals surface area contributed by atoms with E-state index in [0.717, 1.165) is 10.5 Å². The van der Waals surface area contributed by atoms with Gasteiger partial charge in [-0.3, -0.25) is 9.59 Å². The third kappa shape index (κ3) is 4.45. The van der Waals surface area contributed by atoms with Crippen LogP contribution in [-0.2, 0) is 9.53 Å². The first-order chi connectivity index (χ1) is 15.9. The van der Waals surface area contributed by atoms with Crippen molar-refractivity contribution in [1.29, 1.82) is 0 Å². The minimum absolute atomic E-state index is 0.0365. The Bertz CT molecular complexity index is 1360. The molecular formula is C26H22O6S. The van der Waals surface area contributed by atoms with Gasteiger partial charge in [0.1, 0.15) is 23.3 Å². The summed E-state index contributed by atoms with van der Waals surface area (Å²) in [5.41, 5.74) is 1.99. The number of benzene rings is 3. The molecule has 0 radical (unpaired) electrons. The normalized spacial score (nSPS) is 11.9. The second-order valence-corrected chi connectivity index (χ2v) is 8.39. The molecule has 7 heteroatoms. The molecule has 0 saturated heterocycles. The highest BCUT2D eigenvalue weighted by atomic mass is 32.2. The molecule has 168 valence electrons. The smallest absolute Gasteiger partial charge is 0.306 e. The van der Waals surface area contributed by atoms with E-state index >= 15 is 0 Å². The number of carbonyl (C=O) groups excluding carboxylic acids is 1. The van der Waals surface area contributed by atoms with E-state index in [9.17, 15) is 19.8 Å². The molecule has 0 aliphatic heterocycles. The van der Waals surface area contributed by atoms with Gasteiger partial charge in [-0.05, 0) is 53.8 Å². The van der Waals surface area contributed by atoms with Crippen LogP contribution in [0.2, 0.25) is 0 Å². The molecule has 0 spiro atoms. The van der Waals surface area contributed by atoms with Crippen LogP contribution in [0.15, 0.2) is 81.0 Å². The lowest BCUT2D eigenvalue weighted by molar-refractivity contribution is -0.140. The molecule has 0 fully saturated rings. The van der Waals surface area contributed by atoms with E-state index in [-0.39, 0.29) is 34.3 Å². The van der Waals surface area contributed by atoms with Gasteiger partial charge in [0, 0.05) is 16.4 Å². The number of fused-ring (bicyclic) bond motifs is 1. The molecule has 0 amide bonds. The van der Waals surface area contributed by atoms with Crippen LogP contribution in [0.3, 0.4) is 0 Å². The number of esters is 1. The summed E-state index contributed by atoms with van der Waals surface area (Å²) in [4.78, 5) is 26.6. The zero-order chi connectivity index (χ0) is 23.5. The van der Waals surface area contributed by atoms with Crippen LogP contribution in [0.1, 0.15) is 23.5 Å². The third-order valence-electron chi connectivity index (χ3n) is 5.60. The topological polar surface area (TPSA) is 97.0 Å². The highest BCUT2D eigenvalue weighted by Gasteiger charge is 2.26. The SMILES string of the molecule is COC(=O)C[C@H](c1ccc(SC)cc1)c1c(O)ccc2c(=O)c(-c3ccc(O)cc3)coc12. The van der Waals surface area contributed by atoms with E-state index in [1.54, 1.807) is 23.9 Å². The molecule has 0 bridgehead atoms. The lowest BCUT2D eigenvalue weighted by atomic mass is 9.86. The van der Waals surface area contributed by atoms with Crippen LogP contribution < -0.4 is 5.43 Å². The number of phenolic OH excluding ortho intramolecular Hbond substituents is 2. The Morgan fingerprint density at radius 2 is 1.73 bits per heavy atom.